The number of hydrogen-bond acceptors (Lipinski definition) is 6. The molecule has 1 fully saturated rings. The Balaban J connectivity index is 1.39. The van der Waals surface area contributed by atoms with Crippen molar-refractivity contribution in [3.8, 4) is 11.4 Å². The Hall–Kier alpha value is -2.69. The van der Waals surface area contributed by atoms with E-state index in [2.05, 4.69) is 20.5 Å². The summed E-state index contributed by atoms with van der Waals surface area (Å²) in [5.74, 6) is 0.976. The van der Waals surface area contributed by atoms with Gasteiger partial charge < -0.3 is 5.32 Å². The summed E-state index contributed by atoms with van der Waals surface area (Å²) in [6.07, 6.45) is 4.61. The van der Waals surface area contributed by atoms with Gasteiger partial charge in [-0.3, -0.25) is 9.89 Å². The largest absolute Gasteiger partial charge is 0.354 e. The number of nitrogens with zero attached hydrogens (tertiary/aromatic N) is 3. The van der Waals surface area contributed by atoms with Crippen molar-refractivity contribution in [3.63, 3.8) is 0 Å². The first-order chi connectivity index (χ1) is 17.8. The summed E-state index contributed by atoms with van der Waals surface area (Å²) in [5.41, 5.74) is 3.42. The van der Waals surface area contributed by atoms with E-state index in [0.717, 1.165) is 54.4 Å². The normalized spacial score (nSPS) is 14.7. The number of rotatable bonds is 10. The molecule has 1 heterocycles. The van der Waals surface area contributed by atoms with Gasteiger partial charge in [0.15, 0.2) is 5.82 Å². The van der Waals surface area contributed by atoms with Crippen molar-refractivity contribution in [3.05, 3.63) is 59.2 Å². The third kappa shape index (κ3) is 6.80. The number of hydrogen-bond donors (Lipinski definition) is 2. The fourth-order valence-electron chi connectivity index (χ4n) is 5.04. The van der Waals surface area contributed by atoms with Crippen LogP contribution in [0.3, 0.4) is 0 Å². The number of sulfonamides is 1. The molecule has 37 heavy (non-hydrogen) atoms. The van der Waals surface area contributed by atoms with Gasteiger partial charge in [-0.1, -0.05) is 79.1 Å². The Morgan fingerprint density at radius 3 is 2.43 bits per heavy atom. The van der Waals surface area contributed by atoms with Gasteiger partial charge >= 0.3 is 0 Å². The van der Waals surface area contributed by atoms with Crippen molar-refractivity contribution in [1.29, 1.82) is 0 Å². The van der Waals surface area contributed by atoms with Crippen molar-refractivity contribution >= 4 is 27.7 Å². The highest BCUT2D eigenvalue weighted by molar-refractivity contribution is 7.99. The molecule has 0 radical (unpaired) electrons. The zero-order chi connectivity index (χ0) is 26.4. The van der Waals surface area contributed by atoms with Crippen molar-refractivity contribution in [2.75, 3.05) is 18.8 Å². The Bertz CT molecular complexity index is 1300. The fourth-order valence-corrected chi connectivity index (χ4v) is 7.75. The lowest BCUT2D eigenvalue weighted by Gasteiger charge is -2.33. The Morgan fingerprint density at radius 1 is 1.08 bits per heavy atom. The van der Waals surface area contributed by atoms with E-state index in [9.17, 15) is 13.2 Å². The molecule has 0 saturated heterocycles. The number of aromatic nitrogens is 3. The minimum Gasteiger partial charge on any atom is -0.354 e. The predicted octanol–water partition coefficient (Wildman–Crippen LogP) is 4.63. The number of carbonyl (C=O) groups excluding carboxylic acids is 1. The van der Waals surface area contributed by atoms with E-state index in [1.807, 2.05) is 63.2 Å². The molecule has 1 amide bonds. The van der Waals surface area contributed by atoms with Crippen molar-refractivity contribution < 1.29 is 13.2 Å². The second-order valence-electron chi connectivity index (χ2n) is 9.60. The molecule has 0 aliphatic heterocycles. The number of H-pyrrole nitrogens is 1. The molecule has 0 bridgehead atoms. The van der Waals surface area contributed by atoms with Crippen LogP contribution in [0.25, 0.3) is 11.4 Å². The summed E-state index contributed by atoms with van der Waals surface area (Å²) >= 11 is 1.43. The van der Waals surface area contributed by atoms with E-state index in [1.54, 1.807) is 0 Å². The standard InChI is InChI=1S/C27H35N5O3S2/c1-19-16-20(2)25(21(3)17-19)37(34,35)32(23-12-8-5-9-13-23)18-24(33)28-14-15-36-27-29-26(30-31-27)22-10-6-4-7-11-22/h4,6-7,10-11,16-17,23H,5,8-9,12-15,18H2,1-3H3,(H,28,33)(H,29,30,31). The first-order valence-electron chi connectivity index (χ1n) is 12.7. The van der Waals surface area contributed by atoms with Crippen molar-refractivity contribution in [2.45, 2.75) is 69.0 Å². The Labute approximate surface area is 223 Å². The number of amides is 1. The van der Waals surface area contributed by atoms with Crippen LogP contribution in [-0.2, 0) is 14.8 Å². The van der Waals surface area contributed by atoms with Gasteiger partial charge in [0.25, 0.3) is 0 Å². The van der Waals surface area contributed by atoms with Gasteiger partial charge in [0.1, 0.15) is 0 Å². The quantitative estimate of drug-likeness (QED) is 0.286. The molecule has 4 rings (SSSR count). The van der Waals surface area contributed by atoms with Gasteiger partial charge in [0.2, 0.25) is 21.1 Å². The molecule has 1 aliphatic carbocycles. The maximum Gasteiger partial charge on any atom is 0.244 e. The molecule has 8 nitrogen and oxygen atoms in total. The highest BCUT2D eigenvalue weighted by atomic mass is 32.2. The summed E-state index contributed by atoms with van der Waals surface area (Å²) in [7, 11) is -3.83. The average Bonchev–Trinajstić information content (AvgIpc) is 3.34. The van der Waals surface area contributed by atoms with Crippen LogP contribution in [0, 0.1) is 20.8 Å². The lowest BCUT2D eigenvalue weighted by atomic mass is 9.95. The number of thioether (sulfide) groups is 1. The molecule has 2 N–H and O–H groups in total. The van der Waals surface area contributed by atoms with Gasteiger partial charge in [-0.25, -0.2) is 13.4 Å². The summed E-state index contributed by atoms with van der Waals surface area (Å²) in [6, 6.07) is 13.4. The summed E-state index contributed by atoms with van der Waals surface area (Å²) in [6.45, 7) is 5.83. The summed E-state index contributed by atoms with van der Waals surface area (Å²) in [4.78, 5) is 17.8. The third-order valence-electron chi connectivity index (χ3n) is 6.62. The van der Waals surface area contributed by atoms with Gasteiger partial charge in [-0.05, 0) is 44.7 Å². The monoisotopic (exact) mass is 541 g/mol. The number of nitrogens with one attached hydrogen (secondary N) is 2. The lowest BCUT2D eigenvalue weighted by molar-refractivity contribution is -0.121. The number of aryl methyl sites for hydroxylation is 3. The van der Waals surface area contributed by atoms with Crippen LogP contribution < -0.4 is 5.32 Å². The second kappa shape index (κ2) is 12.2. The summed E-state index contributed by atoms with van der Waals surface area (Å²) < 4.78 is 29.2. The van der Waals surface area contributed by atoms with E-state index < -0.39 is 10.0 Å². The van der Waals surface area contributed by atoms with E-state index in [0.29, 0.717) is 28.2 Å². The van der Waals surface area contributed by atoms with E-state index in [-0.39, 0.29) is 18.5 Å². The summed E-state index contributed by atoms with van der Waals surface area (Å²) in [5, 5.41) is 10.7. The molecule has 2 aromatic carbocycles. The van der Waals surface area contributed by atoms with Gasteiger partial charge in [-0.2, -0.15) is 4.31 Å². The Morgan fingerprint density at radius 2 is 1.76 bits per heavy atom. The zero-order valence-electron chi connectivity index (χ0n) is 21.7. The molecule has 1 aliphatic rings. The number of benzene rings is 2. The maximum atomic E-state index is 13.9. The molecular formula is C27H35N5O3S2. The molecule has 10 heteroatoms. The van der Waals surface area contributed by atoms with Gasteiger partial charge in [0, 0.05) is 23.9 Å². The molecule has 0 atom stereocenters. The highest BCUT2D eigenvalue weighted by Gasteiger charge is 2.35. The number of aromatic amines is 1. The first kappa shape index (κ1) is 27.3. The SMILES string of the molecule is Cc1cc(C)c(S(=O)(=O)N(CC(=O)NCCSc2n[nH]c(-c3ccccc3)n2)C2CCCCC2)c(C)c1. The fraction of sp³-hybridized carbons (Fsp3) is 0.444. The second-order valence-corrected chi connectivity index (χ2v) is 12.5. The van der Waals surface area contributed by atoms with Gasteiger partial charge in [-0.15, -0.1) is 5.10 Å². The van der Waals surface area contributed by atoms with Gasteiger partial charge in [0.05, 0.1) is 11.4 Å². The highest BCUT2D eigenvalue weighted by Crippen LogP contribution is 2.31. The minimum atomic E-state index is -3.83. The van der Waals surface area contributed by atoms with Crippen molar-refractivity contribution in [2.24, 2.45) is 0 Å². The van der Waals surface area contributed by atoms with Crippen LogP contribution in [0.15, 0.2) is 52.5 Å². The van der Waals surface area contributed by atoms with Crippen LogP contribution in [-0.4, -0.2) is 58.7 Å². The third-order valence-corrected chi connectivity index (χ3v) is 9.67. The minimum absolute atomic E-state index is 0.163. The molecule has 0 spiro atoms. The number of carbonyl (C=O) groups is 1. The van der Waals surface area contributed by atoms with Crippen LogP contribution in [0.4, 0.5) is 0 Å². The average molecular weight is 542 g/mol. The Kier molecular flexibility index (Phi) is 9.04. The smallest absolute Gasteiger partial charge is 0.244 e. The maximum absolute atomic E-state index is 13.9. The molecule has 0 unspecified atom stereocenters. The topological polar surface area (TPSA) is 108 Å². The van der Waals surface area contributed by atoms with E-state index >= 15 is 0 Å². The predicted molar refractivity (Wildman–Crippen MR) is 147 cm³/mol. The molecular weight excluding hydrogens is 506 g/mol. The van der Waals surface area contributed by atoms with Crippen LogP contribution in [0.1, 0.15) is 48.8 Å². The van der Waals surface area contributed by atoms with Crippen molar-refractivity contribution in [1.82, 2.24) is 24.8 Å². The molecule has 1 aromatic heterocycles. The lowest BCUT2D eigenvalue weighted by Crippen LogP contribution is -2.47. The molecule has 1 saturated carbocycles. The van der Waals surface area contributed by atoms with E-state index in [4.69, 9.17) is 0 Å². The first-order valence-corrected chi connectivity index (χ1v) is 15.2. The molecule has 3 aromatic rings. The van der Waals surface area contributed by atoms with Crippen LogP contribution in [0.2, 0.25) is 0 Å². The van der Waals surface area contributed by atoms with Crippen LogP contribution in [0.5, 0.6) is 0 Å². The van der Waals surface area contributed by atoms with E-state index in [1.165, 1.54) is 16.1 Å². The zero-order valence-corrected chi connectivity index (χ0v) is 23.3. The van der Waals surface area contributed by atoms with Crippen LogP contribution >= 0.6 is 11.8 Å². The molecule has 198 valence electrons.